The Labute approximate surface area is 120 Å². The largest absolute Gasteiger partial charge is 0.319 e. The lowest BCUT2D eigenvalue weighted by atomic mass is 10.2. The number of nitrogens with zero attached hydrogens (tertiary/aromatic N) is 1. The van der Waals surface area contributed by atoms with E-state index in [4.69, 9.17) is 11.6 Å². The van der Waals surface area contributed by atoms with Gasteiger partial charge in [-0.2, -0.15) is 0 Å². The van der Waals surface area contributed by atoms with E-state index in [0.717, 1.165) is 29.4 Å². The standard InChI is InChI=1S/C16H21ClN2/c1-12(2)10-18-11-14-6-5-9-19(14)16-8-4-7-15(17)13(16)3/h4-9,12,18H,10-11H2,1-3H3. The summed E-state index contributed by atoms with van der Waals surface area (Å²) in [6, 6.07) is 10.3. The summed E-state index contributed by atoms with van der Waals surface area (Å²) >= 11 is 6.20. The fourth-order valence-electron chi connectivity index (χ4n) is 2.14. The smallest absolute Gasteiger partial charge is 0.0496 e. The van der Waals surface area contributed by atoms with Crippen LogP contribution in [0.5, 0.6) is 0 Å². The number of aromatic nitrogens is 1. The third kappa shape index (κ3) is 3.40. The Morgan fingerprint density at radius 3 is 2.74 bits per heavy atom. The van der Waals surface area contributed by atoms with Gasteiger partial charge in [0.1, 0.15) is 0 Å². The number of benzene rings is 1. The van der Waals surface area contributed by atoms with E-state index in [-0.39, 0.29) is 0 Å². The summed E-state index contributed by atoms with van der Waals surface area (Å²) in [5, 5.41) is 4.29. The lowest BCUT2D eigenvalue weighted by Crippen LogP contribution is -2.20. The molecule has 1 aromatic heterocycles. The van der Waals surface area contributed by atoms with Crippen LogP contribution in [-0.2, 0) is 6.54 Å². The van der Waals surface area contributed by atoms with Crippen LogP contribution in [0.2, 0.25) is 5.02 Å². The fraction of sp³-hybridized carbons (Fsp3) is 0.375. The molecule has 0 saturated carbocycles. The van der Waals surface area contributed by atoms with E-state index in [1.54, 1.807) is 0 Å². The van der Waals surface area contributed by atoms with Crippen LogP contribution in [-0.4, -0.2) is 11.1 Å². The second-order valence-corrected chi connectivity index (χ2v) is 5.69. The van der Waals surface area contributed by atoms with E-state index in [1.165, 1.54) is 5.69 Å². The molecule has 2 nitrogen and oxygen atoms in total. The van der Waals surface area contributed by atoms with E-state index >= 15 is 0 Å². The molecule has 2 aromatic rings. The minimum Gasteiger partial charge on any atom is -0.319 e. The maximum absolute atomic E-state index is 6.20. The summed E-state index contributed by atoms with van der Waals surface area (Å²) in [6.07, 6.45) is 2.09. The molecule has 0 unspecified atom stereocenters. The zero-order chi connectivity index (χ0) is 13.8. The van der Waals surface area contributed by atoms with Crippen molar-refractivity contribution in [1.82, 2.24) is 9.88 Å². The van der Waals surface area contributed by atoms with Crippen molar-refractivity contribution in [1.29, 1.82) is 0 Å². The molecular weight excluding hydrogens is 256 g/mol. The summed E-state index contributed by atoms with van der Waals surface area (Å²) < 4.78 is 2.20. The minimum absolute atomic E-state index is 0.663. The van der Waals surface area contributed by atoms with Crippen LogP contribution in [0.15, 0.2) is 36.5 Å². The summed E-state index contributed by atoms with van der Waals surface area (Å²) in [7, 11) is 0. The predicted octanol–water partition coefficient (Wildman–Crippen LogP) is 4.18. The van der Waals surface area contributed by atoms with Crippen molar-refractivity contribution in [2.24, 2.45) is 5.92 Å². The van der Waals surface area contributed by atoms with Crippen LogP contribution in [0.1, 0.15) is 25.1 Å². The maximum Gasteiger partial charge on any atom is 0.0496 e. The molecule has 1 aromatic carbocycles. The first-order valence-corrected chi connectivity index (χ1v) is 7.10. The zero-order valence-corrected chi connectivity index (χ0v) is 12.5. The molecule has 0 spiro atoms. The summed E-state index contributed by atoms with van der Waals surface area (Å²) in [5.41, 5.74) is 3.52. The molecule has 0 radical (unpaired) electrons. The van der Waals surface area contributed by atoms with Gasteiger partial charge >= 0.3 is 0 Å². The van der Waals surface area contributed by atoms with Gasteiger partial charge < -0.3 is 9.88 Å². The molecule has 2 rings (SSSR count). The molecule has 0 saturated heterocycles. The van der Waals surface area contributed by atoms with Gasteiger partial charge in [0.15, 0.2) is 0 Å². The van der Waals surface area contributed by atoms with Crippen molar-refractivity contribution < 1.29 is 0 Å². The second kappa shape index (κ2) is 6.27. The van der Waals surface area contributed by atoms with Crippen molar-refractivity contribution in [2.75, 3.05) is 6.54 Å². The SMILES string of the molecule is Cc1c(Cl)cccc1-n1cccc1CNCC(C)C. The van der Waals surface area contributed by atoms with Crippen LogP contribution in [0, 0.1) is 12.8 Å². The molecule has 1 N–H and O–H groups in total. The maximum atomic E-state index is 6.20. The Bertz CT molecular complexity index is 543. The lowest BCUT2D eigenvalue weighted by molar-refractivity contribution is 0.545. The van der Waals surface area contributed by atoms with Crippen LogP contribution >= 0.6 is 11.6 Å². The van der Waals surface area contributed by atoms with Crippen LogP contribution in [0.3, 0.4) is 0 Å². The summed E-state index contributed by atoms with van der Waals surface area (Å²) in [5.74, 6) is 0.663. The topological polar surface area (TPSA) is 17.0 Å². The molecule has 102 valence electrons. The molecule has 0 bridgehead atoms. The molecule has 0 aliphatic carbocycles. The predicted molar refractivity (Wildman–Crippen MR) is 82.1 cm³/mol. The first-order chi connectivity index (χ1) is 9.09. The highest BCUT2D eigenvalue weighted by atomic mass is 35.5. The number of rotatable bonds is 5. The first kappa shape index (κ1) is 14.2. The van der Waals surface area contributed by atoms with Crippen molar-refractivity contribution in [3.05, 3.63) is 52.8 Å². The number of nitrogens with one attached hydrogen (secondary N) is 1. The highest BCUT2D eigenvalue weighted by molar-refractivity contribution is 6.31. The van der Waals surface area contributed by atoms with Crippen molar-refractivity contribution in [3.63, 3.8) is 0 Å². The third-order valence-electron chi connectivity index (χ3n) is 3.19. The zero-order valence-electron chi connectivity index (χ0n) is 11.8. The quantitative estimate of drug-likeness (QED) is 0.867. The summed E-state index contributed by atoms with van der Waals surface area (Å²) in [6.45, 7) is 8.39. The first-order valence-electron chi connectivity index (χ1n) is 6.72. The molecule has 0 aliphatic rings. The molecule has 0 aliphatic heterocycles. The fourth-order valence-corrected chi connectivity index (χ4v) is 2.31. The molecule has 0 amide bonds. The highest BCUT2D eigenvalue weighted by Crippen LogP contribution is 2.23. The Balaban J connectivity index is 2.21. The number of halogens is 1. The van der Waals surface area contributed by atoms with Gasteiger partial charge in [-0.1, -0.05) is 31.5 Å². The van der Waals surface area contributed by atoms with Gasteiger partial charge in [-0.05, 0) is 49.2 Å². The number of hydrogen-bond donors (Lipinski definition) is 1. The average molecular weight is 277 g/mol. The molecule has 19 heavy (non-hydrogen) atoms. The molecular formula is C16H21ClN2. The van der Waals surface area contributed by atoms with Gasteiger partial charge in [0.05, 0.1) is 0 Å². The van der Waals surface area contributed by atoms with Crippen molar-refractivity contribution >= 4 is 11.6 Å². The van der Waals surface area contributed by atoms with E-state index < -0.39 is 0 Å². The molecule has 0 fully saturated rings. The summed E-state index contributed by atoms with van der Waals surface area (Å²) in [4.78, 5) is 0. The Morgan fingerprint density at radius 2 is 2.00 bits per heavy atom. The second-order valence-electron chi connectivity index (χ2n) is 5.28. The molecule has 0 atom stereocenters. The van der Waals surface area contributed by atoms with E-state index in [2.05, 4.69) is 55.1 Å². The van der Waals surface area contributed by atoms with E-state index in [0.29, 0.717) is 5.92 Å². The van der Waals surface area contributed by atoms with Gasteiger partial charge in [0, 0.05) is 29.1 Å². The Morgan fingerprint density at radius 1 is 1.21 bits per heavy atom. The van der Waals surface area contributed by atoms with Crippen molar-refractivity contribution in [3.8, 4) is 5.69 Å². The molecule has 3 heteroatoms. The van der Waals surface area contributed by atoms with Crippen LogP contribution in [0.4, 0.5) is 0 Å². The van der Waals surface area contributed by atoms with Crippen LogP contribution in [0.25, 0.3) is 5.69 Å². The Hall–Kier alpha value is -1.25. The monoisotopic (exact) mass is 276 g/mol. The van der Waals surface area contributed by atoms with E-state index in [9.17, 15) is 0 Å². The van der Waals surface area contributed by atoms with Gasteiger partial charge in [-0.15, -0.1) is 0 Å². The average Bonchev–Trinajstić information content (AvgIpc) is 2.80. The van der Waals surface area contributed by atoms with Gasteiger partial charge in [0.2, 0.25) is 0 Å². The van der Waals surface area contributed by atoms with Gasteiger partial charge in [-0.3, -0.25) is 0 Å². The number of hydrogen-bond acceptors (Lipinski definition) is 1. The van der Waals surface area contributed by atoms with E-state index in [1.807, 2.05) is 12.1 Å². The normalized spacial score (nSPS) is 11.2. The Kier molecular flexibility index (Phi) is 4.67. The highest BCUT2D eigenvalue weighted by Gasteiger charge is 2.07. The minimum atomic E-state index is 0.663. The van der Waals surface area contributed by atoms with Crippen molar-refractivity contribution in [2.45, 2.75) is 27.3 Å². The van der Waals surface area contributed by atoms with Gasteiger partial charge in [0.25, 0.3) is 0 Å². The van der Waals surface area contributed by atoms with Crippen LogP contribution < -0.4 is 5.32 Å². The third-order valence-corrected chi connectivity index (χ3v) is 3.60. The lowest BCUT2D eigenvalue weighted by Gasteiger charge is -2.14. The molecule has 1 heterocycles. The van der Waals surface area contributed by atoms with Gasteiger partial charge in [-0.25, -0.2) is 0 Å².